The molecular formula is C16H15F2N3. The highest BCUT2D eigenvalue weighted by atomic mass is 19.1. The lowest BCUT2D eigenvalue weighted by Crippen LogP contribution is -2.06. The van der Waals surface area contributed by atoms with Crippen molar-refractivity contribution >= 4 is 16.7 Å². The van der Waals surface area contributed by atoms with Gasteiger partial charge in [0.15, 0.2) is 5.82 Å². The van der Waals surface area contributed by atoms with Gasteiger partial charge in [0.25, 0.3) is 0 Å². The maximum atomic E-state index is 14.4. The van der Waals surface area contributed by atoms with E-state index in [-0.39, 0.29) is 5.69 Å². The van der Waals surface area contributed by atoms with Gasteiger partial charge in [-0.3, -0.25) is 4.57 Å². The fourth-order valence-electron chi connectivity index (χ4n) is 2.48. The highest BCUT2D eigenvalue weighted by Crippen LogP contribution is 2.28. The average molecular weight is 287 g/mol. The van der Waals surface area contributed by atoms with Crippen LogP contribution in [0, 0.1) is 18.6 Å². The number of rotatable bonds is 2. The Kier molecular flexibility index (Phi) is 3.12. The van der Waals surface area contributed by atoms with Crippen LogP contribution in [0.4, 0.5) is 14.5 Å². The largest absolute Gasteiger partial charge is 0.399 e. The zero-order chi connectivity index (χ0) is 15.1. The molecule has 2 N–H and O–H groups in total. The normalized spacial score (nSPS) is 11.2. The van der Waals surface area contributed by atoms with Crippen LogP contribution in [0.1, 0.15) is 18.3 Å². The van der Waals surface area contributed by atoms with Crippen molar-refractivity contribution in [3.05, 3.63) is 53.4 Å². The Bertz CT molecular complexity index is 837. The molecule has 0 radical (unpaired) electrons. The number of aromatic nitrogens is 2. The third-order valence-electron chi connectivity index (χ3n) is 3.55. The summed E-state index contributed by atoms with van der Waals surface area (Å²) in [6, 6.07) is 7.84. The quantitative estimate of drug-likeness (QED) is 0.729. The van der Waals surface area contributed by atoms with Gasteiger partial charge in [0, 0.05) is 12.1 Å². The lowest BCUT2D eigenvalue weighted by molar-refractivity contribution is 0.562. The summed E-state index contributed by atoms with van der Waals surface area (Å²) in [5.74, 6) is -0.580. The second kappa shape index (κ2) is 4.84. The number of hydrogen-bond acceptors (Lipinski definition) is 2. The van der Waals surface area contributed by atoms with Crippen LogP contribution in [-0.4, -0.2) is 9.55 Å². The van der Waals surface area contributed by atoms with E-state index < -0.39 is 11.6 Å². The van der Waals surface area contributed by atoms with E-state index in [2.05, 4.69) is 4.98 Å². The molecule has 0 bridgehead atoms. The van der Waals surface area contributed by atoms with E-state index in [0.717, 1.165) is 0 Å². The number of nitrogen functional groups attached to an aromatic ring is 1. The Hall–Kier alpha value is -2.43. The number of nitrogens with zero attached hydrogens (tertiary/aromatic N) is 2. The van der Waals surface area contributed by atoms with Crippen LogP contribution in [0.2, 0.25) is 0 Å². The summed E-state index contributed by atoms with van der Waals surface area (Å²) in [5.41, 5.74) is 7.90. The Morgan fingerprint density at radius 1 is 1.19 bits per heavy atom. The van der Waals surface area contributed by atoms with Crippen molar-refractivity contribution in [3.63, 3.8) is 0 Å². The summed E-state index contributed by atoms with van der Waals surface area (Å²) >= 11 is 0. The van der Waals surface area contributed by atoms with Crippen LogP contribution in [0.5, 0.6) is 0 Å². The molecule has 5 heteroatoms. The number of anilines is 1. The molecule has 3 aromatic rings. The van der Waals surface area contributed by atoms with Gasteiger partial charge in [-0.25, -0.2) is 13.8 Å². The molecular weight excluding hydrogens is 272 g/mol. The minimum Gasteiger partial charge on any atom is -0.399 e. The van der Waals surface area contributed by atoms with Crippen LogP contribution < -0.4 is 5.73 Å². The Morgan fingerprint density at radius 2 is 1.95 bits per heavy atom. The fourth-order valence-corrected chi connectivity index (χ4v) is 2.48. The molecule has 0 saturated carbocycles. The highest BCUT2D eigenvalue weighted by Gasteiger charge is 2.19. The van der Waals surface area contributed by atoms with Crippen molar-refractivity contribution in [2.45, 2.75) is 20.3 Å². The second-order valence-electron chi connectivity index (χ2n) is 4.99. The van der Waals surface area contributed by atoms with E-state index >= 15 is 0 Å². The molecule has 3 nitrogen and oxygen atoms in total. The standard InChI is InChI=1S/C16H15F2N3/c1-3-14-20-12-8-10(19)5-7-13(12)21(14)16-11(17)6-4-9(2)15(16)18/h4-8H,3,19H2,1-2H3. The summed E-state index contributed by atoms with van der Waals surface area (Å²) in [6.45, 7) is 3.51. The lowest BCUT2D eigenvalue weighted by atomic mass is 10.2. The molecule has 3 rings (SSSR count). The van der Waals surface area contributed by atoms with Crippen molar-refractivity contribution in [3.8, 4) is 5.69 Å². The van der Waals surface area contributed by atoms with Gasteiger partial charge in [0.2, 0.25) is 0 Å². The summed E-state index contributed by atoms with van der Waals surface area (Å²) in [4.78, 5) is 4.43. The second-order valence-corrected chi connectivity index (χ2v) is 4.99. The Balaban J connectivity index is 2.42. The maximum absolute atomic E-state index is 14.4. The summed E-state index contributed by atoms with van der Waals surface area (Å²) in [6.07, 6.45) is 0.557. The smallest absolute Gasteiger partial charge is 0.153 e. The number of benzene rings is 2. The van der Waals surface area contributed by atoms with Crippen LogP contribution in [-0.2, 0) is 6.42 Å². The molecule has 0 amide bonds. The fraction of sp³-hybridized carbons (Fsp3) is 0.188. The van der Waals surface area contributed by atoms with Crippen molar-refractivity contribution in [2.24, 2.45) is 0 Å². The highest BCUT2D eigenvalue weighted by molar-refractivity contribution is 5.81. The average Bonchev–Trinajstić information content (AvgIpc) is 2.81. The molecule has 21 heavy (non-hydrogen) atoms. The molecule has 0 aliphatic heterocycles. The summed E-state index contributed by atoms with van der Waals surface area (Å²) < 4.78 is 30.2. The molecule has 0 aliphatic rings. The monoisotopic (exact) mass is 287 g/mol. The number of aryl methyl sites for hydroxylation is 2. The number of nitrogens with two attached hydrogens (primary N) is 1. The Morgan fingerprint density at radius 3 is 2.67 bits per heavy atom. The van der Waals surface area contributed by atoms with Gasteiger partial charge in [-0.2, -0.15) is 0 Å². The van der Waals surface area contributed by atoms with Crippen LogP contribution >= 0.6 is 0 Å². The van der Waals surface area contributed by atoms with Crippen LogP contribution in [0.15, 0.2) is 30.3 Å². The third kappa shape index (κ3) is 2.05. The number of halogens is 2. The van der Waals surface area contributed by atoms with Crippen molar-refractivity contribution in [2.75, 3.05) is 5.73 Å². The predicted octanol–water partition coefficient (Wildman–Crippen LogP) is 3.76. The van der Waals surface area contributed by atoms with E-state index in [1.807, 2.05) is 6.92 Å². The van der Waals surface area contributed by atoms with Crippen LogP contribution in [0.25, 0.3) is 16.7 Å². The van der Waals surface area contributed by atoms with Crippen LogP contribution in [0.3, 0.4) is 0 Å². The molecule has 1 aromatic heterocycles. The van der Waals surface area contributed by atoms with E-state index in [9.17, 15) is 8.78 Å². The number of imidazole rings is 1. The molecule has 108 valence electrons. The SMILES string of the molecule is CCc1nc2cc(N)ccc2n1-c1c(F)ccc(C)c1F. The molecule has 0 aliphatic carbocycles. The van der Waals surface area contributed by atoms with Gasteiger partial charge < -0.3 is 5.73 Å². The maximum Gasteiger partial charge on any atom is 0.153 e. The molecule has 0 unspecified atom stereocenters. The van der Waals surface area contributed by atoms with E-state index in [0.29, 0.717) is 34.5 Å². The minimum atomic E-state index is -0.607. The summed E-state index contributed by atoms with van der Waals surface area (Å²) in [5, 5.41) is 0. The third-order valence-corrected chi connectivity index (χ3v) is 3.55. The van der Waals surface area contributed by atoms with Gasteiger partial charge in [-0.1, -0.05) is 13.0 Å². The molecule has 1 heterocycles. The minimum absolute atomic E-state index is 0.0841. The van der Waals surface area contributed by atoms with Gasteiger partial charge >= 0.3 is 0 Å². The first-order valence-corrected chi connectivity index (χ1v) is 6.74. The van der Waals surface area contributed by atoms with E-state index in [1.165, 1.54) is 16.7 Å². The molecule has 0 spiro atoms. The van der Waals surface area contributed by atoms with E-state index in [1.54, 1.807) is 25.1 Å². The zero-order valence-corrected chi connectivity index (χ0v) is 11.8. The molecule has 0 atom stereocenters. The molecule has 0 fully saturated rings. The van der Waals surface area contributed by atoms with E-state index in [4.69, 9.17) is 5.73 Å². The van der Waals surface area contributed by atoms with Crippen molar-refractivity contribution < 1.29 is 8.78 Å². The van der Waals surface area contributed by atoms with Gasteiger partial charge in [-0.05, 0) is 36.8 Å². The van der Waals surface area contributed by atoms with Gasteiger partial charge in [0.1, 0.15) is 17.3 Å². The number of fused-ring (bicyclic) bond motifs is 1. The van der Waals surface area contributed by atoms with Gasteiger partial charge in [-0.15, -0.1) is 0 Å². The summed E-state index contributed by atoms with van der Waals surface area (Å²) in [7, 11) is 0. The lowest BCUT2D eigenvalue weighted by Gasteiger charge is -2.12. The molecule has 0 saturated heterocycles. The number of hydrogen-bond donors (Lipinski definition) is 1. The first kappa shape index (κ1) is 13.5. The van der Waals surface area contributed by atoms with Crippen molar-refractivity contribution in [1.29, 1.82) is 0 Å². The van der Waals surface area contributed by atoms with Gasteiger partial charge in [0.05, 0.1) is 11.0 Å². The Labute approximate surface area is 121 Å². The topological polar surface area (TPSA) is 43.8 Å². The molecule has 2 aromatic carbocycles. The predicted molar refractivity (Wildman–Crippen MR) is 79.5 cm³/mol. The zero-order valence-electron chi connectivity index (χ0n) is 11.8. The first-order chi connectivity index (χ1) is 10.0. The first-order valence-electron chi connectivity index (χ1n) is 6.74. The van der Waals surface area contributed by atoms with Crippen molar-refractivity contribution in [1.82, 2.24) is 9.55 Å².